The summed E-state index contributed by atoms with van der Waals surface area (Å²) in [5.74, 6) is 0.964. The standard InChI is InChI=1S/C8H14N4/c1-12-5-3-8(11-12)10-6-7-2-4-9-7/h3,5,7,9H,2,4,6H2,1H3,(H,10,11). The first-order valence-electron chi connectivity index (χ1n) is 4.31. The highest BCUT2D eigenvalue weighted by atomic mass is 15.3. The Hall–Kier alpha value is -1.03. The highest BCUT2D eigenvalue weighted by Crippen LogP contribution is 2.05. The van der Waals surface area contributed by atoms with Crippen molar-refractivity contribution < 1.29 is 0 Å². The third kappa shape index (κ3) is 1.58. The molecule has 0 saturated carbocycles. The van der Waals surface area contributed by atoms with Crippen LogP contribution < -0.4 is 10.6 Å². The van der Waals surface area contributed by atoms with Gasteiger partial charge in [0.15, 0.2) is 0 Å². The lowest BCUT2D eigenvalue weighted by Crippen LogP contribution is -2.47. The van der Waals surface area contributed by atoms with Crippen molar-refractivity contribution in [3.63, 3.8) is 0 Å². The fraction of sp³-hybridized carbons (Fsp3) is 0.625. The fourth-order valence-electron chi connectivity index (χ4n) is 1.26. The summed E-state index contributed by atoms with van der Waals surface area (Å²) in [5, 5.41) is 10.8. The molecule has 2 rings (SSSR count). The molecular formula is C8H14N4. The van der Waals surface area contributed by atoms with Gasteiger partial charge in [0.2, 0.25) is 0 Å². The molecule has 4 nitrogen and oxygen atoms in total. The number of rotatable bonds is 3. The van der Waals surface area contributed by atoms with E-state index < -0.39 is 0 Å². The van der Waals surface area contributed by atoms with Crippen LogP contribution in [-0.4, -0.2) is 28.9 Å². The molecule has 0 aliphatic carbocycles. The molecule has 1 fully saturated rings. The Morgan fingerprint density at radius 3 is 3.17 bits per heavy atom. The zero-order valence-electron chi connectivity index (χ0n) is 7.25. The molecule has 0 bridgehead atoms. The average molecular weight is 166 g/mol. The Labute approximate surface area is 72.0 Å². The minimum atomic E-state index is 0.645. The molecule has 1 atom stereocenters. The second kappa shape index (κ2) is 3.15. The van der Waals surface area contributed by atoms with Crippen LogP contribution in [-0.2, 0) is 7.05 Å². The summed E-state index contributed by atoms with van der Waals surface area (Å²) in [6.45, 7) is 2.14. The van der Waals surface area contributed by atoms with E-state index in [9.17, 15) is 0 Å². The Bertz CT molecular complexity index is 251. The third-order valence-electron chi connectivity index (χ3n) is 2.17. The highest BCUT2D eigenvalue weighted by molar-refractivity contribution is 5.32. The van der Waals surface area contributed by atoms with E-state index in [1.54, 1.807) is 4.68 Å². The topological polar surface area (TPSA) is 41.9 Å². The van der Waals surface area contributed by atoms with Crippen molar-refractivity contribution in [1.82, 2.24) is 15.1 Å². The van der Waals surface area contributed by atoms with Gasteiger partial charge in [-0.2, -0.15) is 5.10 Å². The number of hydrogen-bond donors (Lipinski definition) is 2. The Balaban J connectivity index is 1.79. The summed E-state index contributed by atoms with van der Waals surface area (Å²) >= 11 is 0. The van der Waals surface area contributed by atoms with E-state index in [-0.39, 0.29) is 0 Å². The van der Waals surface area contributed by atoms with Crippen LogP contribution in [0.1, 0.15) is 6.42 Å². The first-order chi connectivity index (χ1) is 5.84. The van der Waals surface area contributed by atoms with Crippen molar-refractivity contribution in [3.05, 3.63) is 12.3 Å². The van der Waals surface area contributed by atoms with Crippen LogP contribution in [0.4, 0.5) is 5.82 Å². The average Bonchev–Trinajstić information content (AvgIpc) is 2.32. The van der Waals surface area contributed by atoms with Crippen LogP contribution in [0.3, 0.4) is 0 Å². The van der Waals surface area contributed by atoms with Gasteiger partial charge in [0.1, 0.15) is 5.82 Å². The molecule has 0 aromatic carbocycles. The SMILES string of the molecule is Cn1ccc(NCC2CCN2)n1. The predicted molar refractivity (Wildman–Crippen MR) is 48.1 cm³/mol. The van der Waals surface area contributed by atoms with Gasteiger partial charge in [0, 0.05) is 31.9 Å². The van der Waals surface area contributed by atoms with E-state index in [4.69, 9.17) is 0 Å². The van der Waals surface area contributed by atoms with Crippen molar-refractivity contribution >= 4 is 5.82 Å². The van der Waals surface area contributed by atoms with E-state index >= 15 is 0 Å². The number of hydrogen-bond acceptors (Lipinski definition) is 3. The Morgan fingerprint density at radius 1 is 1.83 bits per heavy atom. The highest BCUT2D eigenvalue weighted by Gasteiger charge is 2.15. The van der Waals surface area contributed by atoms with Crippen LogP contribution in [0, 0.1) is 0 Å². The van der Waals surface area contributed by atoms with Crippen LogP contribution in [0.15, 0.2) is 12.3 Å². The summed E-state index contributed by atoms with van der Waals surface area (Å²) in [7, 11) is 1.92. The second-order valence-electron chi connectivity index (χ2n) is 3.20. The molecule has 4 heteroatoms. The monoisotopic (exact) mass is 166 g/mol. The molecule has 2 N–H and O–H groups in total. The lowest BCUT2D eigenvalue weighted by atomic mass is 10.1. The lowest BCUT2D eigenvalue weighted by molar-refractivity contribution is 0.386. The third-order valence-corrected chi connectivity index (χ3v) is 2.17. The summed E-state index contributed by atoms with van der Waals surface area (Å²) in [6, 6.07) is 2.63. The van der Waals surface area contributed by atoms with Gasteiger partial charge >= 0.3 is 0 Å². The second-order valence-corrected chi connectivity index (χ2v) is 3.20. The molecule has 0 spiro atoms. The molecule has 66 valence electrons. The van der Waals surface area contributed by atoms with E-state index in [1.807, 2.05) is 19.3 Å². The van der Waals surface area contributed by atoms with Gasteiger partial charge in [0.25, 0.3) is 0 Å². The minimum absolute atomic E-state index is 0.645. The molecule has 0 radical (unpaired) electrons. The van der Waals surface area contributed by atoms with Gasteiger partial charge in [-0.05, 0) is 13.0 Å². The van der Waals surface area contributed by atoms with Crippen molar-refractivity contribution in [2.45, 2.75) is 12.5 Å². The van der Waals surface area contributed by atoms with E-state index in [0.717, 1.165) is 18.9 Å². The van der Waals surface area contributed by atoms with E-state index in [1.165, 1.54) is 6.42 Å². The van der Waals surface area contributed by atoms with Gasteiger partial charge < -0.3 is 10.6 Å². The smallest absolute Gasteiger partial charge is 0.148 e. The maximum atomic E-state index is 4.22. The molecule has 1 aliphatic rings. The minimum Gasteiger partial charge on any atom is -0.367 e. The summed E-state index contributed by atoms with van der Waals surface area (Å²) in [4.78, 5) is 0. The summed E-state index contributed by atoms with van der Waals surface area (Å²) in [5.41, 5.74) is 0. The zero-order valence-corrected chi connectivity index (χ0v) is 7.25. The number of anilines is 1. The molecule has 0 amide bonds. The van der Waals surface area contributed by atoms with E-state index in [2.05, 4.69) is 15.7 Å². The molecular weight excluding hydrogens is 152 g/mol. The van der Waals surface area contributed by atoms with Crippen molar-refractivity contribution in [2.24, 2.45) is 7.05 Å². The van der Waals surface area contributed by atoms with Gasteiger partial charge in [-0.25, -0.2) is 0 Å². The molecule has 1 aromatic rings. The number of aryl methyl sites for hydroxylation is 1. The predicted octanol–water partition coefficient (Wildman–Crippen LogP) is 0.194. The molecule has 1 aromatic heterocycles. The maximum Gasteiger partial charge on any atom is 0.148 e. The zero-order chi connectivity index (χ0) is 8.39. The van der Waals surface area contributed by atoms with Crippen molar-refractivity contribution in [2.75, 3.05) is 18.4 Å². The van der Waals surface area contributed by atoms with Crippen LogP contribution in [0.5, 0.6) is 0 Å². The normalized spacial score (nSPS) is 21.9. The van der Waals surface area contributed by atoms with Crippen LogP contribution in [0.25, 0.3) is 0 Å². The first kappa shape index (κ1) is 7.61. The quantitative estimate of drug-likeness (QED) is 0.673. The molecule has 2 heterocycles. The number of nitrogens with zero attached hydrogens (tertiary/aromatic N) is 2. The van der Waals surface area contributed by atoms with Gasteiger partial charge in [-0.15, -0.1) is 0 Å². The molecule has 12 heavy (non-hydrogen) atoms. The van der Waals surface area contributed by atoms with Crippen molar-refractivity contribution in [3.8, 4) is 0 Å². The lowest BCUT2D eigenvalue weighted by Gasteiger charge is -2.27. The van der Waals surface area contributed by atoms with Crippen molar-refractivity contribution in [1.29, 1.82) is 0 Å². The van der Waals surface area contributed by atoms with Gasteiger partial charge in [-0.1, -0.05) is 0 Å². The summed E-state index contributed by atoms with van der Waals surface area (Å²) < 4.78 is 1.80. The van der Waals surface area contributed by atoms with Crippen LogP contribution >= 0.6 is 0 Å². The van der Waals surface area contributed by atoms with Crippen LogP contribution in [0.2, 0.25) is 0 Å². The first-order valence-corrected chi connectivity index (χ1v) is 4.31. The van der Waals surface area contributed by atoms with Gasteiger partial charge in [0.05, 0.1) is 0 Å². The summed E-state index contributed by atoms with van der Waals surface area (Å²) in [6.07, 6.45) is 3.22. The molecule has 1 unspecified atom stereocenters. The molecule has 1 aliphatic heterocycles. The Kier molecular flexibility index (Phi) is 1.99. The van der Waals surface area contributed by atoms with Gasteiger partial charge in [-0.3, -0.25) is 4.68 Å². The largest absolute Gasteiger partial charge is 0.367 e. The maximum absolute atomic E-state index is 4.22. The number of nitrogens with one attached hydrogen (secondary N) is 2. The number of aromatic nitrogens is 2. The fourth-order valence-corrected chi connectivity index (χ4v) is 1.26. The van der Waals surface area contributed by atoms with E-state index in [0.29, 0.717) is 6.04 Å². The molecule has 1 saturated heterocycles. The Morgan fingerprint density at radius 2 is 2.67 bits per heavy atom.